The molecule has 0 radical (unpaired) electrons. The fourth-order valence-corrected chi connectivity index (χ4v) is 1.94. The van der Waals surface area contributed by atoms with E-state index in [4.69, 9.17) is 16.3 Å². The number of halogens is 1. The maximum absolute atomic E-state index is 12.2. The van der Waals surface area contributed by atoms with E-state index in [0.717, 1.165) is 18.2 Å². The van der Waals surface area contributed by atoms with Crippen molar-refractivity contribution in [2.45, 2.75) is 0 Å². The first-order valence-electron chi connectivity index (χ1n) is 6.04. The molecule has 8 heteroatoms. The summed E-state index contributed by atoms with van der Waals surface area (Å²) in [5.41, 5.74) is -0.194. The predicted octanol–water partition coefficient (Wildman–Crippen LogP) is 3.21. The molecule has 0 bridgehead atoms. The second-order valence-electron chi connectivity index (χ2n) is 4.26. The van der Waals surface area contributed by atoms with E-state index in [1.807, 2.05) is 0 Å². The SMILES string of the molecule is COc1cc(Cl)ccc1NC(=O)c1cc([N+](=O)[O-])ccc1O. The first kappa shape index (κ1) is 15.6. The number of rotatable bonds is 4. The number of non-ortho nitro benzene ring substituents is 1. The largest absolute Gasteiger partial charge is 0.507 e. The average molecular weight is 323 g/mol. The molecule has 114 valence electrons. The number of nitro benzene ring substituents is 1. The Labute approximate surface area is 130 Å². The fraction of sp³-hybridized carbons (Fsp3) is 0.0714. The maximum Gasteiger partial charge on any atom is 0.270 e. The van der Waals surface area contributed by atoms with Crippen LogP contribution in [-0.2, 0) is 0 Å². The predicted molar refractivity (Wildman–Crippen MR) is 80.7 cm³/mol. The lowest BCUT2D eigenvalue weighted by Gasteiger charge is -2.11. The smallest absolute Gasteiger partial charge is 0.270 e. The summed E-state index contributed by atoms with van der Waals surface area (Å²) in [6, 6.07) is 7.76. The van der Waals surface area contributed by atoms with Crippen LogP contribution in [0, 0.1) is 10.1 Å². The highest BCUT2D eigenvalue weighted by Crippen LogP contribution is 2.29. The van der Waals surface area contributed by atoms with Gasteiger partial charge in [0, 0.05) is 23.2 Å². The van der Waals surface area contributed by atoms with Crippen molar-refractivity contribution in [1.82, 2.24) is 0 Å². The number of anilines is 1. The van der Waals surface area contributed by atoms with Crippen LogP contribution in [0.25, 0.3) is 0 Å². The van der Waals surface area contributed by atoms with Gasteiger partial charge in [-0.05, 0) is 18.2 Å². The highest BCUT2D eigenvalue weighted by molar-refractivity contribution is 6.30. The molecule has 0 aromatic heterocycles. The second-order valence-corrected chi connectivity index (χ2v) is 4.69. The molecule has 0 aliphatic heterocycles. The van der Waals surface area contributed by atoms with Gasteiger partial charge in [-0.15, -0.1) is 0 Å². The number of nitro groups is 1. The molecule has 0 saturated carbocycles. The molecule has 0 fully saturated rings. The fourth-order valence-electron chi connectivity index (χ4n) is 1.78. The summed E-state index contributed by atoms with van der Waals surface area (Å²) in [5.74, 6) is -0.747. The first-order chi connectivity index (χ1) is 10.4. The van der Waals surface area contributed by atoms with E-state index in [0.29, 0.717) is 16.5 Å². The van der Waals surface area contributed by atoms with Crippen molar-refractivity contribution < 1.29 is 19.6 Å². The summed E-state index contributed by atoms with van der Waals surface area (Å²) in [6.07, 6.45) is 0. The quantitative estimate of drug-likeness (QED) is 0.664. The number of amides is 1. The number of nitrogens with one attached hydrogen (secondary N) is 1. The standard InChI is InChI=1S/C14H11ClN2O5/c1-22-13-6-8(15)2-4-11(13)16-14(19)10-7-9(17(20)21)3-5-12(10)18/h2-7,18H,1H3,(H,16,19). The van der Waals surface area contributed by atoms with Gasteiger partial charge in [-0.3, -0.25) is 14.9 Å². The second kappa shape index (κ2) is 6.31. The Balaban J connectivity index is 2.33. The number of nitrogens with zero attached hydrogens (tertiary/aromatic N) is 1. The molecule has 0 aliphatic rings. The van der Waals surface area contributed by atoms with E-state index in [1.54, 1.807) is 6.07 Å². The lowest BCUT2D eigenvalue weighted by molar-refractivity contribution is -0.384. The Morgan fingerprint density at radius 1 is 1.32 bits per heavy atom. The number of benzene rings is 2. The Morgan fingerprint density at radius 3 is 2.68 bits per heavy atom. The van der Waals surface area contributed by atoms with Crippen molar-refractivity contribution in [3.05, 3.63) is 57.1 Å². The number of methoxy groups -OCH3 is 1. The molecule has 0 spiro atoms. The molecule has 0 saturated heterocycles. The summed E-state index contributed by atoms with van der Waals surface area (Å²) in [5, 5.41) is 23.4. The third-order valence-electron chi connectivity index (χ3n) is 2.85. The number of hydrogen-bond acceptors (Lipinski definition) is 5. The average Bonchev–Trinajstić information content (AvgIpc) is 2.49. The zero-order chi connectivity index (χ0) is 16.3. The van der Waals surface area contributed by atoms with E-state index in [2.05, 4.69) is 5.32 Å². The molecular formula is C14H11ClN2O5. The molecule has 2 aromatic rings. The molecule has 2 aromatic carbocycles. The van der Waals surface area contributed by atoms with Crippen molar-refractivity contribution in [3.63, 3.8) is 0 Å². The Hall–Kier alpha value is -2.80. The number of hydrogen-bond donors (Lipinski definition) is 2. The Kier molecular flexibility index (Phi) is 4.47. The minimum atomic E-state index is -0.707. The molecule has 0 heterocycles. The van der Waals surface area contributed by atoms with Crippen LogP contribution in [-0.4, -0.2) is 23.0 Å². The van der Waals surface area contributed by atoms with Gasteiger partial charge in [-0.2, -0.15) is 0 Å². The van der Waals surface area contributed by atoms with E-state index >= 15 is 0 Å². The molecule has 0 aliphatic carbocycles. The Morgan fingerprint density at radius 2 is 2.05 bits per heavy atom. The molecule has 2 N–H and O–H groups in total. The third kappa shape index (κ3) is 3.26. The molecule has 2 rings (SSSR count). The molecule has 1 amide bonds. The monoisotopic (exact) mass is 322 g/mol. The van der Waals surface area contributed by atoms with Crippen molar-refractivity contribution in [2.24, 2.45) is 0 Å². The summed E-state index contributed by atoms with van der Waals surface area (Å²) >= 11 is 5.82. The lowest BCUT2D eigenvalue weighted by atomic mass is 10.1. The van der Waals surface area contributed by atoms with Gasteiger partial charge in [0.2, 0.25) is 0 Å². The van der Waals surface area contributed by atoms with Gasteiger partial charge in [0.05, 0.1) is 23.3 Å². The number of ether oxygens (including phenoxy) is 1. The number of phenols is 1. The van der Waals surface area contributed by atoms with E-state index < -0.39 is 10.8 Å². The van der Waals surface area contributed by atoms with E-state index in [-0.39, 0.29) is 17.0 Å². The van der Waals surface area contributed by atoms with Gasteiger partial charge < -0.3 is 15.2 Å². The maximum atomic E-state index is 12.2. The van der Waals surface area contributed by atoms with Crippen LogP contribution in [0.5, 0.6) is 11.5 Å². The summed E-state index contributed by atoms with van der Waals surface area (Å²) in [4.78, 5) is 22.3. The van der Waals surface area contributed by atoms with Gasteiger partial charge >= 0.3 is 0 Å². The minimum absolute atomic E-state index is 0.216. The van der Waals surface area contributed by atoms with Crippen LogP contribution in [0.2, 0.25) is 5.02 Å². The van der Waals surface area contributed by atoms with Crippen molar-refractivity contribution in [3.8, 4) is 11.5 Å². The van der Waals surface area contributed by atoms with Crippen molar-refractivity contribution >= 4 is 28.9 Å². The van der Waals surface area contributed by atoms with Gasteiger partial charge in [0.25, 0.3) is 11.6 Å². The first-order valence-corrected chi connectivity index (χ1v) is 6.42. The van der Waals surface area contributed by atoms with Crippen LogP contribution in [0.4, 0.5) is 11.4 Å². The normalized spacial score (nSPS) is 10.1. The molecule has 0 unspecified atom stereocenters. The van der Waals surface area contributed by atoms with Crippen molar-refractivity contribution in [2.75, 3.05) is 12.4 Å². The summed E-state index contributed by atoms with van der Waals surface area (Å²) in [6.45, 7) is 0. The highest BCUT2D eigenvalue weighted by Gasteiger charge is 2.18. The topological polar surface area (TPSA) is 102 Å². The molecule has 7 nitrogen and oxygen atoms in total. The molecular weight excluding hydrogens is 312 g/mol. The number of carbonyl (C=O) groups excluding carboxylic acids is 1. The summed E-state index contributed by atoms with van der Waals surface area (Å²) < 4.78 is 5.09. The van der Waals surface area contributed by atoms with Gasteiger partial charge in [-0.1, -0.05) is 11.6 Å². The van der Waals surface area contributed by atoms with Gasteiger partial charge in [-0.25, -0.2) is 0 Å². The number of phenolic OH excluding ortho intramolecular Hbond substituents is 1. The van der Waals surface area contributed by atoms with Crippen LogP contribution in [0.3, 0.4) is 0 Å². The Bertz CT molecular complexity index is 748. The molecule has 22 heavy (non-hydrogen) atoms. The van der Waals surface area contributed by atoms with Gasteiger partial charge in [0.1, 0.15) is 11.5 Å². The number of aromatic hydroxyl groups is 1. The van der Waals surface area contributed by atoms with Gasteiger partial charge in [0.15, 0.2) is 0 Å². The summed E-state index contributed by atoms with van der Waals surface area (Å²) in [7, 11) is 1.41. The molecule has 0 atom stereocenters. The van der Waals surface area contributed by atoms with Crippen molar-refractivity contribution in [1.29, 1.82) is 0 Å². The highest BCUT2D eigenvalue weighted by atomic mass is 35.5. The van der Waals surface area contributed by atoms with E-state index in [1.165, 1.54) is 19.2 Å². The van der Waals surface area contributed by atoms with Crippen LogP contribution in [0.1, 0.15) is 10.4 Å². The van der Waals surface area contributed by atoms with E-state index in [9.17, 15) is 20.0 Å². The van der Waals surface area contributed by atoms with Crippen LogP contribution < -0.4 is 10.1 Å². The zero-order valence-electron chi connectivity index (χ0n) is 11.4. The minimum Gasteiger partial charge on any atom is -0.507 e. The lowest BCUT2D eigenvalue weighted by Crippen LogP contribution is -2.13. The zero-order valence-corrected chi connectivity index (χ0v) is 12.1. The van der Waals surface area contributed by atoms with Crippen LogP contribution >= 0.6 is 11.6 Å². The van der Waals surface area contributed by atoms with Crippen LogP contribution in [0.15, 0.2) is 36.4 Å². The number of carbonyl (C=O) groups is 1. The third-order valence-corrected chi connectivity index (χ3v) is 3.08.